The standard InChI is InChI=1S/C19H33N5O.HI/c1-6-15(3)23-19(20-7-2)22-14-16-9-8-10-17(13-16)18(25)21-11-12-24(4)5;/h8-10,13,15H,6-7,11-12,14H2,1-5H3,(H,21,25)(H2,20,22,23);1H. The van der Waals surface area contributed by atoms with Gasteiger partial charge in [-0.1, -0.05) is 19.1 Å². The number of aliphatic imine (C=N–C) groups is 1. The highest BCUT2D eigenvalue weighted by Gasteiger charge is 2.07. The average Bonchev–Trinajstić information content (AvgIpc) is 2.59. The van der Waals surface area contributed by atoms with Crippen LogP contribution in [0.4, 0.5) is 0 Å². The molecule has 3 N–H and O–H groups in total. The molecule has 0 aliphatic rings. The number of carbonyl (C=O) groups is 1. The molecule has 6 nitrogen and oxygen atoms in total. The van der Waals surface area contributed by atoms with Crippen LogP contribution in [0.1, 0.15) is 43.1 Å². The maximum absolute atomic E-state index is 12.2. The first-order valence-electron chi connectivity index (χ1n) is 9.03. The number of benzene rings is 1. The number of nitrogens with one attached hydrogen (secondary N) is 3. The quantitative estimate of drug-likeness (QED) is 0.292. The van der Waals surface area contributed by atoms with Gasteiger partial charge >= 0.3 is 0 Å². The largest absolute Gasteiger partial charge is 0.357 e. The predicted molar refractivity (Wildman–Crippen MR) is 120 cm³/mol. The minimum absolute atomic E-state index is 0. The lowest BCUT2D eigenvalue weighted by Gasteiger charge is -2.16. The van der Waals surface area contributed by atoms with Gasteiger partial charge in [0.15, 0.2) is 5.96 Å². The first kappa shape index (κ1) is 24.7. The van der Waals surface area contributed by atoms with Crippen LogP contribution in [0, 0.1) is 0 Å². The van der Waals surface area contributed by atoms with Crippen molar-refractivity contribution in [3.8, 4) is 0 Å². The zero-order valence-electron chi connectivity index (χ0n) is 16.6. The van der Waals surface area contributed by atoms with E-state index in [0.29, 0.717) is 24.7 Å². The number of likely N-dealkylation sites (N-methyl/N-ethyl adjacent to an activating group) is 1. The molecule has 1 atom stereocenters. The van der Waals surface area contributed by atoms with E-state index in [-0.39, 0.29) is 29.9 Å². The monoisotopic (exact) mass is 475 g/mol. The maximum atomic E-state index is 12.2. The van der Waals surface area contributed by atoms with E-state index >= 15 is 0 Å². The molecule has 0 aliphatic carbocycles. The van der Waals surface area contributed by atoms with Gasteiger partial charge in [-0.3, -0.25) is 4.79 Å². The number of rotatable bonds is 9. The fraction of sp³-hybridized carbons (Fsp3) is 0.579. The second-order valence-corrected chi connectivity index (χ2v) is 6.41. The fourth-order valence-electron chi connectivity index (χ4n) is 2.13. The van der Waals surface area contributed by atoms with Crippen molar-refractivity contribution in [1.29, 1.82) is 0 Å². The van der Waals surface area contributed by atoms with Crippen molar-refractivity contribution < 1.29 is 4.79 Å². The molecular weight excluding hydrogens is 441 g/mol. The van der Waals surface area contributed by atoms with Crippen molar-refractivity contribution in [2.45, 2.75) is 39.8 Å². The molecule has 0 spiro atoms. The summed E-state index contributed by atoms with van der Waals surface area (Å²) in [5.74, 6) is 0.759. The Balaban J connectivity index is 0.00000625. The minimum atomic E-state index is -0.0442. The molecule has 0 radical (unpaired) electrons. The highest BCUT2D eigenvalue weighted by molar-refractivity contribution is 14.0. The third kappa shape index (κ3) is 9.96. The van der Waals surface area contributed by atoms with Crippen molar-refractivity contribution in [2.24, 2.45) is 4.99 Å². The Morgan fingerprint density at radius 2 is 1.96 bits per heavy atom. The van der Waals surface area contributed by atoms with Crippen LogP contribution in [0.5, 0.6) is 0 Å². The summed E-state index contributed by atoms with van der Waals surface area (Å²) in [7, 11) is 3.97. The van der Waals surface area contributed by atoms with Gasteiger partial charge in [-0.15, -0.1) is 24.0 Å². The zero-order valence-corrected chi connectivity index (χ0v) is 19.0. The molecule has 1 amide bonds. The molecule has 0 aliphatic heterocycles. The molecule has 1 rings (SSSR count). The third-order valence-electron chi connectivity index (χ3n) is 3.79. The van der Waals surface area contributed by atoms with Crippen molar-refractivity contribution in [3.05, 3.63) is 35.4 Å². The Morgan fingerprint density at radius 3 is 2.58 bits per heavy atom. The Labute approximate surface area is 175 Å². The lowest BCUT2D eigenvalue weighted by atomic mass is 10.1. The number of hydrogen-bond acceptors (Lipinski definition) is 3. The topological polar surface area (TPSA) is 68.8 Å². The van der Waals surface area contributed by atoms with Crippen molar-refractivity contribution in [3.63, 3.8) is 0 Å². The summed E-state index contributed by atoms with van der Waals surface area (Å²) in [6.07, 6.45) is 1.03. The number of halogens is 1. The molecule has 1 aromatic carbocycles. The van der Waals surface area contributed by atoms with Gasteiger partial charge in [0.1, 0.15) is 0 Å². The summed E-state index contributed by atoms with van der Waals surface area (Å²) in [6.45, 7) is 9.12. The SMILES string of the molecule is CCNC(=NCc1cccc(C(=O)NCCN(C)C)c1)NC(C)CC.I. The van der Waals surface area contributed by atoms with Crippen LogP contribution in [0.15, 0.2) is 29.3 Å². The molecule has 0 saturated heterocycles. The summed E-state index contributed by atoms with van der Waals surface area (Å²) in [5.41, 5.74) is 1.69. The molecule has 0 aromatic heterocycles. The molecule has 0 heterocycles. The van der Waals surface area contributed by atoms with E-state index in [0.717, 1.165) is 31.0 Å². The minimum Gasteiger partial charge on any atom is -0.357 e. The summed E-state index contributed by atoms with van der Waals surface area (Å²) in [6, 6.07) is 8.00. The first-order valence-corrected chi connectivity index (χ1v) is 9.03. The van der Waals surface area contributed by atoms with Gasteiger partial charge in [-0.25, -0.2) is 4.99 Å². The van der Waals surface area contributed by atoms with E-state index in [1.54, 1.807) is 0 Å². The van der Waals surface area contributed by atoms with Crippen LogP contribution < -0.4 is 16.0 Å². The smallest absolute Gasteiger partial charge is 0.251 e. The van der Waals surface area contributed by atoms with E-state index in [4.69, 9.17) is 0 Å². The summed E-state index contributed by atoms with van der Waals surface area (Å²) in [5, 5.41) is 9.55. The van der Waals surface area contributed by atoms with Gasteiger partial charge in [0.2, 0.25) is 0 Å². The normalized spacial score (nSPS) is 12.3. The van der Waals surface area contributed by atoms with E-state index in [1.807, 2.05) is 50.2 Å². The van der Waals surface area contributed by atoms with E-state index in [2.05, 4.69) is 34.8 Å². The van der Waals surface area contributed by atoms with Gasteiger partial charge in [0.25, 0.3) is 5.91 Å². The maximum Gasteiger partial charge on any atom is 0.251 e. The Morgan fingerprint density at radius 1 is 1.23 bits per heavy atom. The fourth-order valence-corrected chi connectivity index (χ4v) is 2.13. The van der Waals surface area contributed by atoms with Gasteiger partial charge in [-0.05, 0) is 52.1 Å². The molecule has 1 aromatic rings. The van der Waals surface area contributed by atoms with Crippen LogP contribution in [0.3, 0.4) is 0 Å². The number of amides is 1. The molecule has 1 unspecified atom stereocenters. The highest BCUT2D eigenvalue weighted by Crippen LogP contribution is 2.07. The van der Waals surface area contributed by atoms with Crippen molar-refractivity contribution in [1.82, 2.24) is 20.9 Å². The Bertz CT molecular complexity index is 563. The van der Waals surface area contributed by atoms with Crippen LogP contribution in [0.2, 0.25) is 0 Å². The van der Waals surface area contributed by atoms with Gasteiger partial charge in [0, 0.05) is 31.2 Å². The molecule has 26 heavy (non-hydrogen) atoms. The molecule has 0 saturated carbocycles. The first-order chi connectivity index (χ1) is 12.0. The molecule has 148 valence electrons. The van der Waals surface area contributed by atoms with Crippen LogP contribution in [0.25, 0.3) is 0 Å². The highest BCUT2D eigenvalue weighted by atomic mass is 127. The Kier molecular flexibility index (Phi) is 13.1. The number of carbonyl (C=O) groups excluding carboxylic acids is 1. The number of hydrogen-bond donors (Lipinski definition) is 3. The van der Waals surface area contributed by atoms with Gasteiger partial charge in [0.05, 0.1) is 6.54 Å². The van der Waals surface area contributed by atoms with E-state index < -0.39 is 0 Å². The zero-order chi connectivity index (χ0) is 18.7. The van der Waals surface area contributed by atoms with Crippen molar-refractivity contribution in [2.75, 3.05) is 33.7 Å². The molecule has 0 bridgehead atoms. The summed E-state index contributed by atoms with van der Waals surface area (Å²) in [4.78, 5) is 18.9. The molecule has 7 heteroatoms. The third-order valence-corrected chi connectivity index (χ3v) is 3.79. The van der Waals surface area contributed by atoms with Gasteiger partial charge in [-0.2, -0.15) is 0 Å². The average molecular weight is 475 g/mol. The van der Waals surface area contributed by atoms with E-state index in [9.17, 15) is 4.79 Å². The van der Waals surface area contributed by atoms with Crippen molar-refractivity contribution >= 4 is 35.8 Å². The lowest BCUT2D eigenvalue weighted by Crippen LogP contribution is -2.41. The predicted octanol–water partition coefficient (Wildman–Crippen LogP) is 2.45. The van der Waals surface area contributed by atoms with Crippen LogP contribution in [-0.2, 0) is 6.54 Å². The molecular formula is C19H34IN5O. The van der Waals surface area contributed by atoms with E-state index in [1.165, 1.54) is 0 Å². The second-order valence-electron chi connectivity index (χ2n) is 6.41. The number of nitrogens with zero attached hydrogens (tertiary/aromatic N) is 2. The van der Waals surface area contributed by atoms with Gasteiger partial charge < -0.3 is 20.9 Å². The number of guanidine groups is 1. The lowest BCUT2D eigenvalue weighted by molar-refractivity contribution is 0.0951. The van der Waals surface area contributed by atoms with Crippen LogP contribution in [-0.4, -0.2) is 56.5 Å². The molecule has 0 fully saturated rings. The summed E-state index contributed by atoms with van der Waals surface area (Å²) < 4.78 is 0. The second kappa shape index (κ2) is 13.8. The van der Waals surface area contributed by atoms with Crippen LogP contribution >= 0.6 is 24.0 Å². The Hall–Kier alpha value is -1.35. The summed E-state index contributed by atoms with van der Waals surface area (Å²) >= 11 is 0.